The molecule has 3 aromatic rings. The number of rotatable bonds is 6. The van der Waals surface area contributed by atoms with E-state index in [1.165, 1.54) is 7.05 Å². The summed E-state index contributed by atoms with van der Waals surface area (Å²) in [4.78, 5) is 13.5. The Bertz CT molecular complexity index is 1350. The maximum absolute atomic E-state index is 13.3. The van der Waals surface area contributed by atoms with E-state index in [-0.39, 0.29) is 17.6 Å². The Morgan fingerprint density at radius 1 is 0.970 bits per heavy atom. The van der Waals surface area contributed by atoms with E-state index in [1.54, 1.807) is 24.3 Å². The van der Waals surface area contributed by atoms with Crippen molar-refractivity contribution in [1.82, 2.24) is 4.72 Å². The third kappa shape index (κ3) is 3.75. The zero-order valence-corrected chi connectivity index (χ0v) is 19.2. The molecule has 1 fully saturated rings. The summed E-state index contributed by atoms with van der Waals surface area (Å²) in [5.74, 6) is 1.33. The second kappa shape index (κ2) is 7.90. The zero-order valence-electron chi connectivity index (χ0n) is 18.3. The SMILES string of the molecule is CNS(=O)(=O)c1ccc(-c2cccc(NC(=O)C3(c4ccc5c(c4)OCO5)CC3)c2C)cc1. The van der Waals surface area contributed by atoms with Gasteiger partial charge in [-0.2, -0.15) is 0 Å². The van der Waals surface area contributed by atoms with Crippen LogP contribution in [0.2, 0.25) is 0 Å². The van der Waals surface area contributed by atoms with Crippen molar-refractivity contribution in [2.24, 2.45) is 0 Å². The summed E-state index contributed by atoms with van der Waals surface area (Å²) < 4.78 is 37.2. The van der Waals surface area contributed by atoms with Crippen LogP contribution < -0.4 is 19.5 Å². The van der Waals surface area contributed by atoms with Gasteiger partial charge in [0.05, 0.1) is 10.3 Å². The highest BCUT2D eigenvalue weighted by Crippen LogP contribution is 2.51. The molecule has 0 atom stereocenters. The summed E-state index contributed by atoms with van der Waals surface area (Å²) in [5.41, 5.74) is 3.81. The van der Waals surface area contributed by atoms with E-state index >= 15 is 0 Å². The molecule has 3 aromatic carbocycles. The number of anilines is 1. The third-order valence-corrected chi connectivity index (χ3v) is 7.87. The van der Waals surface area contributed by atoms with Gasteiger partial charge >= 0.3 is 0 Å². The molecule has 7 nitrogen and oxygen atoms in total. The minimum absolute atomic E-state index is 0.0444. The van der Waals surface area contributed by atoms with Crippen molar-refractivity contribution in [3.05, 3.63) is 71.8 Å². The Morgan fingerprint density at radius 3 is 2.39 bits per heavy atom. The van der Waals surface area contributed by atoms with Crippen LogP contribution in [-0.2, 0) is 20.2 Å². The molecule has 2 N–H and O–H groups in total. The second-order valence-corrected chi connectivity index (χ2v) is 10.2. The predicted molar refractivity (Wildman–Crippen MR) is 125 cm³/mol. The fourth-order valence-corrected chi connectivity index (χ4v) is 4.95. The molecule has 0 saturated heterocycles. The van der Waals surface area contributed by atoms with Crippen LogP contribution in [0, 0.1) is 6.92 Å². The van der Waals surface area contributed by atoms with Crippen molar-refractivity contribution < 1.29 is 22.7 Å². The second-order valence-electron chi connectivity index (χ2n) is 8.31. The lowest BCUT2D eigenvalue weighted by atomic mass is 9.93. The van der Waals surface area contributed by atoms with E-state index in [9.17, 15) is 13.2 Å². The van der Waals surface area contributed by atoms with Crippen molar-refractivity contribution in [3.8, 4) is 22.6 Å². The molecule has 0 aromatic heterocycles. The maximum atomic E-state index is 13.3. The molecular formula is C25H24N2O5S. The fraction of sp³-hybridized carbons (Fsp3) is 0.240. The number of hydrogen-bond acceptors (Lipinski definition) is 5. The van der Waals surface area contributed by atoms with E-state index in [4.69, 9.17) is 9.47 Å². The summed E-state index contributed by atoms with van der Waals surface area (Å²) in [6.45, 7) is 2.15. The first-order valence-corrected chi connectivity index (χ1v) is 12.2. The first-order chi connectivity index (χ1) is 15.8. The molecule has 170 valence electrons. The molecule has 1 saturated carbocycles. The number of benzene rings is 3. The first kappa shape index (κ1) is 21.5. The van der Waals surface area contributed by atoms with Gasteiger partial charge in [0.1, 0.15) is 0 Å². The van der Waals surface area contributed by atoms with Gasteiger partial charge in [0, 0.05) is 5.69 Å². The molecule has 0 unspecified atom stereocenters. The minimum Gasteiger partial charge on any atom is -0.454 e. The maximum Gasteiger partial charge on any atom is 0.240 e. The third-order valence-electron chi connectivity index (χ3n) is 6.44. The number of fused-ring (bicyclic) bond motifs is 1. The van der Waals surface area contributed by atoms with Gasteiger partial charge in [-0.05, 0) is 79.4 Å². The van der Waals surface area contributed by atoms with E-state index in [1.807, 2.05) is 43.3 Å². The highest BCUT2D eigenvalue weighted by atomic mass is 32.2. The van der Waals surface area contributed by atoms with E-state index in [0.29, 0.717) is 11.5 Å². The Labute approximate surface area is 192 Å². The Hall–Kier alpha value is -3.36. The minimum atomic E-state index is -3.49. The number of sulfonamides is 1. The van der Waals surface area contributed by atoms with Crippen molar-refractivity contribution >= 4 is 21.6 Å². The number of carbonyl (C=O) groups is 1. The molecule has 1 amide bonds. The molecule has 1 aliphatic heterocycles. The lowest BCUT2D eigenvalue weighted by Crippen LogP contribution is -2.28. The van der Waals surface area contributed by atoms with Gasteiger partial charge in [-0.25, -0.2) is 13.1 Å². The Kier molecular flexibility index (Phi) is 5.14. The fourth-order valence-electron chi connectivity index (χ4n) is 4.22. The molecular weight excluding hydrogens is 440 g/mol. The van der Waals surface area contributed by atoms with Gasteiger partial charge in [0.15, 0.2) is 11.5 Å². The Balaban J connectivity index is 1.40. The molecule has 5 rings (SSSR count). The highest BCUT2D eigenvalue weighted by molar-refractivity contribution is 7.89. The van der Waals surface area contributed by atoms with Gasteiger partial charge in [0.25, 0.3) is 0 Å². The van der Waals surface area contributed by atoms with Crippen LogP contribution in [0.1, 0.15) is 24.0 Å². The zero-order chi connectivity index (χ0) is 23.2. The van der Waals surface area contributed by atoms with Gasteiger partial charge < -0.3 is 14.8 Å². The predicted octanol–water partition coefficient (Wildman–Crippen LogP) is 3.97. The molecule has 0 radical (unpaired) electrons. The molecule has 0 bridgehead atoms. The molecule has 1 heterocycles. The summed E-state index contributed by atoms with van der Waals surface area (Å²) >= 11 is 0. The topological polar surface area (TPSA) is 93.7 Å². The van der Waals surface area contributed by atoms with Crippen molar-refractivity contribution in [2.75, 3.05) is 19.2 Å². The number of amides is 1. The standard InChI is InChI=1S/C25H24N2O5S/c1-16-20(17-6-9-19(10-7-17)33(29,30)26-2)4-3-5-21(16)27-24(28)25(12-13-25)18-8-11-22-23(14-18)32-15-31-22/h3-11,14,26H,12-13,15H2,1-2H3,(H,27,28). The largest absolute Gasteiger partial charge is 0.454 e. The van der Waals surface area contributed by atoms with Crippen LogP contribution in [0.15, 0.2) is 65.6 Å². The summed E-state index contributed by atoms with van der Waals surface area (Å²) in [5, 5.41) is 3.12. The van der Waals surface area contributed by atoms with Crippen LogP contribution in [0.3, 0.4) is 0 Å². The van der Waals surface area contributed by atoms with Crippen LogP contribution >= 0.6 is 0 Å². The first-order valence-electron chi connectivity index (χ1n) is 10.7. The molecule has 33 heavy (non-hydrogen) atoms. The summed E-state index contributed by atoms with van der Waals surface area (Å²) in [6.07, 6.45) is 1.55. The van der Waals surface area contributed by atoms with Crippen LogP contribution in [0.25, 0.3) is 11.1 Å². The van der Waals surface area contributed by atoms with Crippen LogP contribution in [0.4, 0.5) is 5.69 Å². The number of hydrogen-bond donors (Lipinski definition) is 2. The normalized spacial score (nSPS) is 15.8. The van der Waals surface area contributed by atoms with Crippen molar-refractivity contribution in [1.29, 1.82) is 0 Å². The van der Waals surface area contributed by atoms with Gasteiger partial charge in [-0.3, -0.25) is 4.79 Å². The molecule has 2 aliphatic rings. The molecule has 0 spiro atoms. The van der Waals surface area contributed by atoms with E-state index < -0.39 is 15.4 Å². The van der Waals surface area contributed by atoms with Gasteiger partial charge in [-0.1, -0.05) is 30.3 Å². The van der Waals surface area contributed by atoms with Crippen molar-refractivity contribution in [3.63, 3.8) is 0 Å². The average molecular weight is 465 g/mol. The van der Waals surface area contributed by atoms with E-state index in [0.717, 1.165) is 40.8 Å². The number of nitrogens with one attached hydrogen (secondary N) is 2. The quantitative estimate of drug-likeness (QED) is 0.576. The van der Waals surface area contributed by atoms with Gasteiger partial charge in [0.2, 0.25) is 22.7 Å². The Morgan fingerprint density at radius 2 is 1.70 bits per heavy atom. The highest BCUT2D eigenvalue weighted by Gasteiger charge is 2.51. The van der Waals surface area contributed by atoms with Crippen molar-refractivity contribution in [2.45, 2.75) is 30.1 Å². The number of ether oxygens (including phenoxy) is 2. The molecule has 1 aliphatic carbocycles. The van der Waals surface area contributed by atoms with Gasteiger partial charge in [-0.15, -0.1) is 0 Å². The number of carbonyl (C=O) groups excluding carboxylic acids is 1. The monoisotopic (exact) mass is 464 g/mol. The summed E-state index contributed by atoms with van der Waals surface area (Å²) in [7, 11) is -2.11. The average Bonchev–Trinajstić information content (AvgIpc) is 3.51. The lowest BCUT2D eigenvalue weighted by Gasteiger charge is -2.19. The lowest BCUT2D eigenvalue weighted by molar-refractivity contribution is -0.118. The molecule has 8 heteroatoms. The van der Waals surface area contributed by atoms with E-state index in [2.05, 4.69) is 10.0 Å². The van der Waals surface area contributed by atoms with Crippen LogP contribution in [-0.4, -0.2) is 28.2 Å². The smallest absolute Gasteiger partial charge is 0.240 e. The summed E-state index contributed by atoms with van der Waals surface area (Å²) in [6, 6.07) is 18.1. The van der Waals surface area contributed by atoms with Crippen LogP contribution in [0.5, 0.6) is 11.5 Å².